The van der Waals surface area contributed by atoms with Crippen LogP contribution in [0.2, 0.25) is 0 Å². The molecule has 0 heterocycles. The summed E-state index contributed by atoms with van der Waals surface area (Å²) in [5, 5.41) is 20.3. The summed E-state index contributed by atoms with van der Waals surface area (Å²) < 4.78 is 4.44. The molecule has 0 aromatic rings. The van der Waals surface area contributed by atoms with E-state index in [1.54, 1.807) is 0 Å². The maximum absolute atomic E-state index is 9.96. The molecule has 0 radical (unpaired) electrons. The SMILES string of the molecule is [C-]#[N+]/C(C#N)=C(\C(=C(/C#N)[N+]#[C-])P(=C=C)(N(CC)CC)N(CC)CC)C1CCCC1. The Hall–Kier alpha value is -2.56. The second-order valence-electron chi connectivity index (χ2n) is 6.93. The fourth-order valence-electron chi connectivity index (χ4n) is 4.44. The molecule has 0 atom stereocenters. The van der Waals surface area contributed by atoms with Crippen LogP contribution in [0, 0.1) is 41.7 Å². The van der Waals surface area contributed by atoms with E-state index >= 15 is 0 Å². The van der Waals surface area contributed by atoms with Gasteiger partial charge in [-0.15, -0.1) is 5.45 Å². The summed E-state index contributed by atoms with van der Waals surface area (Å²) in [6, 6.07) is 4.16. The van der Waals surface area contributed by atoms with Crippen molar-refractivity contribution in [3.8, 4) is 12.1 Å². The first-order chi connectivity index (χ1) is 14.5. The van der Waals surface area contributed by atoms with E-state index in [4.69, 9.17) is 13.1 Å². The molecule has 0 aliphatic heterocycles. The van der Waals surface area contributed by atoms with Gasteiger partial charge in [-0.25, -0.2) is 20.2 Å². The van der Waals surface area contributed by atoms with Crippen LogP contribution in [0.4, 0.5) is 0 Å². The van der Waals surface area contributed by atoms with Crippen LogP contribution in [0.1, 0.15) is 53.4 Å². The predicted octanol–water partition coefficient (Wildman–Crippen LogP) is 5.65. The Labute approximate surface area is 182 Å². The first-order valence-corrected chi connectivity index (χ1v) is 12.2. The molecule has 0 bridgehead atoms. The maximum Gasteiger partial charge on any atom is 0.271 e. The van der Waals surface area contributed by atoms with Gasteiger partial charge in [-0.2, -0.15) is 0 Å². The monoisotopic (exact) mass is 422 g/mol. The van der Waals surface area contributed by atoms with E-state index in [9.17, 15) is 10.5 Å². The molecule has 1 fully saturated rings. The van der Waals surface area contributed by atoms with Crippen LogP contribution in [0.3, 0.4) is 0 Å². The van der Waals surface area contributed by atoms with Crippen molar-refractivity contribution in [1.82, 2.24) is 9.34 Å². The minimum Gasteiger partial charge on any atom is -0.264 e. The Morgan fingerprint density at radius 1 is 0.933 bits per heavy atom. The van der Waals surface area contributed by atoms with Gasteiger partial charge in [0.2, 0.25) is 0 Å². The summed E-state index contributed by atoms with van der Waals surface area (Å²) in [6.07, 6.45) is 3.73. The molecule has 1 rings (SSSR count). The average Bonchev–Trinajstić information content (AvgIpc) is 3.31. The van der Waals surface area contributed by atoms with Gasteiger partial charge in [-0.3, -0.25) is 9.34 Å². The normalized spacial score (nSPS) is 16.1. The zero-order valence-corrected chi connectivity index (χ0v) is 19.5. The summed E-state index contributed by atoms with van der Waals surface area (Å²) in [4.78, 5) is 7.14. The number of hydrogen-bond acceptors (Lipinski definition) is 4. The molecule has 0 saturated heterocycles. The van der Waals surface area contributed by atoms with Crippen molar-refractivity contribution in [2.45, 2.75) is 53.4 Å². The van der Waals surface area contributed by atoms with E-state index in [1.807, 2.05) is 27.7 Å². The van der Waals surface area contributed by atoms with Gasteiger partial charge in [-0.05, 0) is 24.3 Å². The van der Waals surface area contributed by atoms with E-state index in [-0.39, 0.29) is 17.3 Å². The number of hydrogen-bond donors (Lipinski definition) is 0. The van der Waals surface area contributed by atoms with Crippen molar-refractivity contribution < 1.29 is 0 Å². The average molecular weight is 423 g/mol. The lowest BCUT2D eigenvalue weighted by atomic mass is 9.94. The van der Waals surface area contributed by atoms with E-state index in [2.05, 4.69) is 43.2 Å². The second-order valence-corrected chi connectivity index (χ2v) is 10.0. The molecule has 1 aliphatic rings. The third kappa shape index (κ3) is 4.61. The summed E-state index contributed by atoms with van der Waals surface area (Å²) in [5.74, 6) is -0.00676. The molecule has 1 saturated carbocycles. The molecule has 0 aromatic carbocycles. The van der Waals surface area contributed by atoms with Gasteiger partial charge in [0.05, 0.1) is 32.5 Å². The number of nitrogens with zero attached hydrogens (tertiary/aromatic N) is 6. The Morgan fingerprint density at radius 3 is 1.67 bits per heavy atom. The molecule has 6 nitrogen and oxygen atoms in total. The van der Waals surface area contributed by atoms with Crippen molar-refractivity contribution in [2.24, 2.45) is 5.92 Å². The van der Waals surface area contributed by atoms with E-state index < -0.39 is 7.19 Å². The molecule has 0 unspecified atom stereocenters. The van der Waals surface area contributed by atoms with Crippen molar-refractivity contribution in [3.63, 3.8) is 0 Å². The number of allylic oxidation sites excluding steroid dienone is 4. The summed E-state index contributed by atoms with van der Waals surface area (Å²) >= 11 is 0. The van der Waals surface area contributed by atoms with E-state index in [0.29, 0.717) is 37.1 Å². The van der Waals surface area contributed by atoms with E-state index in [0.717, 1.165) is 25.7 Å². The molecule has 30 heavy (non-hydrogen) atoms. The molecule has 7 heteroatoms. The Balaban J connectivity index is 4.31. The minimum atomic E-state index is -2.69. The lowest BCUT2D eigenvalue weighted by Crippen LogP contribution is -2.34. The molecule has 0 aromatic heterocycles. The highest BCUT2D eigenvalue weighted by molar-refractivity contribution is 7.74. The zero-order chi connectivity index (χ0) is 22.7. The van der Waals surface area contributed by atoms with Gasteiger partial charge >= 0.3 is 0 Å². The van der Waals surface area contributed by atoms with Crippen molar-refractivity contribution in [2.75, 3.05) is 26.2 Å². The summed E-state index contributed by atoms with van der Waals surface area (Å²) in [5.41, 5.74) is 3.82. The largest absolute Gasteiger partial charge is 0.271 e. The van der Waals surface area contributed by atoms with Crippen molar-refractivity contribution >= 4 is 12.6 Å². The lowest BCUT2D eigenvalue weighted by molar-refractivity contribution is 0.423. The van der Waals surface area contributed by atoms with Gasteiger partial charge in [0, 0.05) is 31.5 Å². The maximum atomic E-state index is 9.96. The molecule has 158 valence electrons. The van der Waals surface area contributed by atoms with Crippen LogP contribution in [0.15, 0.2) is 28.9 Å². The predicted molar refractivity (Wildman–Crippen MR) is 124 cm³/mol. The van der Waals surface area contributed by atoms with Gasteiger partial charge in [-0.1, -0.05) is 47.1 Å². The van der Waals surface area contributed by atoms with Crippen LogP contribution in [-0.4, -0.2) is 41.0 Å². The van der Waals surface area contributed by atoms with Crippen LogP contribution < -0.4 is 0 Å². The van der Waals surface area contributed by atoms with E-state index in [1.165, 1.54) is 0 Å². The molecule has 0 spiro atoms. The third-order valence-electron chi connectivity index (χ3n) is 5.74. The van der Waals surface area contributed by atoms with Gasteiger partial charge in [0.15, 0.2) is 0 Å². The Kier molecular flexibility index (Phi) is 10.4. The fourth-order valence-corrected chi connectivity index (χ4v) is 8.58. The number of rotatable bonds is 9. The standard InChI is InChI=1S/C23H31N6P/c1-8-28(9-2)30(12-5,29(10-3)11-4)23(21(18-25)27-7)22(20(17-24)26-6)19-15-13-14-16-19/h19H,5,8-11,13-16H2,1-4H3/b22-20-,23-21-. The lowest BCUT2D eigenvalue weighted by Gasteiger charge is -2.46. The molecular weight excluding hydrogens is 391 g/mol. The van der Waals surface area contributed by atoms with Crippen LogP contribution in [-0.2, 0) is 0 Å². The molecule has 1 aliphatic carbocycles. The van der Waals surface area contributed by atoms with Gasteiger partial charge in [0.1, 0.15) is 0 Å². The second kappa shape index (κ2) is 12.2. The van der Waals surface area contributed by atoms with Crippen LogP contribution >= 0.6 is 7.19 Å². The highest BCUT2D eigenvalue weighted by atomic mass is 31.2. The van der Waals surface area contributed by atoms with Crippen LogP contribution in [0.5, 0.6) is 0 Å². The van der Waals surface area contributed by atoms with Crippen LogP contribution in [0.25, 0.3) is 9.69 Å². The highest BCUT2D eigenvalue weighted by Gasteiger charge is 2.40. The summed E-state index contributed by atoms with van der Waals surface area (Å²) in [6.45, 7) is 30.4. The highest BCUT2D eigenvalue weighted by Crippen LogP contribution is 2.65. The van der Waals surface area contributed by atoms with Crippen molar-refractivity contribution in [1.29, 1.82) is 10.5 Å². The quantitative estimate of drug-likeness (QED) is 0.209. The topological polar surface area (TPSA) is 62.8 Å². The minimum absolute atomic E-state index is 0.00676. The third-order valence-corrected chi connectivity index (χ3v) is 10.0. The van der Waals surface area contributed by atoms with Gasteiger partial charge < -0.3 is 0 Å². The molecule has 0 amide bonds. The number of nitriles is 2. The van der Waals surface area contributed by atoms with Crippen molar-refractivity contribution in [3.05, 3.63) is 51.7 Å². The molecular formula is C23H31N6P. The Bertz CT molecular complexity index is 878. The van der Waals surface area contributed by atoms with Gasteiger partial charge in [0.25, 0.3) is 11.4 Å². The zero-order valence-electron chi connectivity index (χ0n) is 18.6. The molecule has 0 N–H and O–H groups in total. The summed E-state index contributed by atoms with van der Waals surface area (Å²) in [7, 11) is -2.69. The first kappa shape index (κ1) is 25.5. The Morgan fingerprint density at radius 2 is 1.37 bits per heavy atom. The first-order valence-electron chi connectivity index (χ1n) is 10.5. The smallest absolute Gasteiger partial charge is 0.264 e. The fraction of sp³-hybridized carbons (Fsp3) is 0.565.